The van der Waals surface area contributed by atoms with Gasteiger partial charge < -0.3 is 10.1 Å². The summed E-state index contributed by atoms with van der Waals surface area (Å²) in [5.74, 6) is -0.571. The van der Waals surface area contributed by atoms with E-state index in [1.54, 1.807) is 6.07 Å². The Morgan fingerprint density at radius 2 is 2.17 bits per heavy atom. The summed E-state index contributed by atoms with van der Waals surface area (Å²) in [6.07, 6.45) is 1.67. The summed E-state index contributed by atoms with van der Waals surface area (Å²) in [7, 11) is 0. The third-order valence-electron chi connectivity index (χ3n) is 1.69. The Balaban J connectivity index is 4.04. The number of nitrogens with zero attached hydrogens (tertiary/aromatic N) is 2. The van der Waals surface area contributed by atoms with Gasteiger partial charge in [-0.15, -0.1) is 0 Å². The van der Waals surface area contributed by atoms with Crippen LogP contribution in [0.1, 0.15) is 19.8 Å². The standard InChI is InChI=1S/C10H13Cl2N3O3/c1-2-3-4-18-8(16)6-14-10(17)15-7(5-13)9(11)12/h9H,2-4,6H2,1H3,(H,14,17). The number of ether oxygens (including phenoxy) is 1. The second-order valence-electron chi connectivity index (χ2n) is 3.14. The molecule has 0 saturated heterocycles. The number of urea groups is 1. The molecule has 18 heavy (non-hydrogen) atoms. The van der Waals surface area contributed by atoms with Crippen LogP contribution in [0.5, 0.6) is 0 Å². The third-order valence-corrected chi connectivity index (χ3v) is 2.10. The third kappa shape index (κ3) is 7.87. The summed E-state index contributed by atoms with van der Waals surface area (Å²) in [6, 6.07) is 0.701. The molecule has 0 saturated carbocycles. The maximum absolute atomic E-state index is 11.2. The lowest BCUT2D eigenvalue weighted by Crippen LogP contribution is -2.29. The van der Waals surface area contributed by atoms with E-state index < -0.39 is 16.8 Å². The van der Waals surface area contributed by atoms with Crippen molar-refractivity contribution in [3.8, 4) is 6.07 Å². The number of nitrogens with one attached hydrogen (secondary N) is 1. The summed E-state index contributed by atoms with van der Waals surface area (Å²) < 4.78 is 4.79. The molecule has 0 atom stereocenters. The number of esters is 1. The molecule has 2 amide bonds. The van der Waals surface area contributed by atoms with Crippen molar-refractivity contribution < 1.29 is 14.3 Å². The van der Waals surface area contributed by atoms with Crippen molar-refractivity contribution in [2.45, 2.75) is 24.6 Å². The van der Waals surface area contributed by atoms with E-state index in [9.17, 15) is 9.59 Å². The SMILES string of the molecule is CCCCOC(=O)CNC(=O)N=C(C#N)C(Cl)Cl. The zero-order valence-corrected chi connectivity index (χ0v) is 11.3. The Kier molecular flexibility index (Phi) is 8.97. The summed E-state index contributed by atoms with van der Waals surface area (Å²) in [6.45, 7) is 1.95. The van der Waals surface area contributed by atoms with Gasteiger partial charge in [0.2, 0.25) is 0 Å². The van der Waals surface area contributed by atoms with Crippen LogP contribution < -0.4 is 5.32 Å². The molecule has 0 spiro atoms. The number of halogens is 2. The minimum Gasteiger partial charge on any atom is -0.464 e. The van der Waals surface area contributed by atoms with Gasteiger partial charge in [0, 0.05) is 0 Å². The summed E-state index contributed by atoms with van der Waals surface area (Å²) >= 11 is 10.8. The van der Waals surface area contributed by atoms with Crippen LogP contribution in [0.4, 0.5) is 4.79 Å². The molecular weight excluding hydrogens is 281 g/mol. The lowest BCUT2D eigenvalue weighted by atomic mass is 10.4. The largest absolute Gasteiger partial charge is 0.464 e. The van der Waals surface area contributed by atoms with Gasteiger partial charge in [-0.2, -0.15) is 10.3 Å². The van der Waals surface area contributed by atoms with Gasteiger partial charge in [0.1, 0.15) is 12.6 Å². The van der Waals surface area contributed by atoms with E-state index in [1.165, 1.54) is 0 Å². The fraction of sp³-hybridized carbons (Fsp3) is 0.600. The monoisotopic (exact) mass is 293 g/mol. The zero-order valence-electron chi connectivity index (χ0n) is 9.78. The van der Waals surface area contributed by atoms with Gasteiger partial charge in [-0.3, -0.25) is 4.79 Å². The highest BCUT2D eigenvalue weighted by molar-refractivity contribution is 6.56. The quantitative estimate of drug-likeness (QED) is 0.350. The van der Waals surface area contributed by atoms with Crippen molar-refractivity contribution >= 4 is 40.9 Å². The predicted octanol–water partition coefficient (Wildman–Crippen LogP) is 1.81. The molecule has 0 rings (SSSR count). The van der Waals surface area contributed by atoms with Crippen LogP contribution in [0.3, 0.4) is 0 Å². The van der Waals surface area contributed by atoms with E-state index in [4.69, 9.17) is 33.2 Å². The number of alkyl halides is 2. The average Bonchev–Trinajstić information content (AvgIpc) is 2.33. The minimum atomic E-state index is -1.18. The number of aliphatic imine (C=N–C) groups is 1. The maximum atomic E-state index is 11.2. The number of rotatable bonds is 6. The van der Waals surface area contributed by atoms with Gasteiger partial charge in [0.05, 0.1) is 6.61 Å². The number of nitriles is 1. The number of unbranched alkanes of at least 4 members (excludes halogenated alkanes) is 1. The first-order valence-corrected chi connectivity index (χ1v) is 6.08. The van der Waals surface area contributed by atoms with Crippen LogP contribution in [0.15, 0.2) is 4.99 Å². The second-order valence-corrected chi connectivity index (χ2v) is 4.24. The molecule has 0 aromatic rings. The Labute approximate surface area is 115 Å². The molecule has 0 unspecified atom stereocenters. The van der Waals surface area contributed by atoms with E-state index in [2.05, 4.69) is 10.3 Å². The highest BCUT2D eigenvalue weighted by atomic mass is 35.5. The van der Waals surface area contributed by atoms with E-state index in [0.29, 0.717) is 6.61 Å². The van der Waals surface area contributed by atoms with Gasteiger partial charge in [0.15, 0.2) is 10.5 Å². The van der Waals surface area contributed by atoms with Gasteiger partial charge >= 0.3 is 12.0 Å². The molecule has 0 bridgehead atoms. The molecule has 0 fully saturated rings. The topological polar surface area (TPSA) is 91.5 Å². The van der Waals surface area contributed by atoms with Crippen molar-refractivity contribution in [3.05, 3.63) is 0 Å². The number of hydrogen-bond donors (Lipinski definition) is 1. The van der Waals surface area contributed by atoms with Crippen LogP contribution in [0.2, 0.25) is 0 Å². The van der Waals surface area contributed by atoms with E-state index in [1.807, 2.05) is 6.92 Å². The van der Waals surface area contributed by atoms with Gasteiger partial charge in [0.25, 0.3) is 0 Å². The molecule has 6 nitrogen and oxygen atoms in total. The van der Waals surface area contributed by atoms with Crippen molar-refractivity contribution in [1.82, 2.24) is 5.32 Å². The first-order chi connectivity index (χ1) is 8.51. The second kappa shape index (κ2) is 9.68. The molecule has 1 N–H and O–H groups in total. The normalized spacial score (nSPS) is 10.9. The molecule has 100 valence electrons. The molecule has 0 heterocycles. The van der Waals surface area contributed by atoms with Crippen LogP contribution in [-0.4, -0.2) is 35.7 Å². The van der Waals surface area contributed by atoms with Crippen LogP contribution in [-0.2, 0) is 9.53 Å². The Bertz CT molecular complexity index is 364. The van der Waals surface area contributed by atoms with Gasteiger partial charge in [-0.05, 0) is 6.42 Å². The maximum Gasteiger partial charge on any atom is 0.342 e. The van der Waals surface area contributed by atoms with Crippen LogP contribution in [0.25, 0.3) is 0 Å². The lowest BCUT2D eigenvalue weighted by Gasteiger charge is -2.04. The molecule has 0 aliphatic rings. The highest BCUT2D eigenvalue weighted by Gasteiger charge is 2.12. The molecule has 0 radical (unpaired) electrons. The first-order valence-electron chi connectivity index (χ1n) is 5.21. The fourth-order valence-corrected chi connectivity index (χ4v) is 0.996. The highest BCUT2D eigenvalue weighted by Crippen LogP contribution is 2.04. The lowest BCUT2D eigenvalue weighted by molar-refractivity contribution is -0.142. The van der Waals surface area contributed by atoms with Crippen molar-refractivity contribution in [2.75, 3.05) is 13.2 Å². The van der Waals surface area contributed by atoms with Crippen molar-refractivity contribution in [2.24, 2.45) is 4.99 Å². The predicted molar refractivity (Wildman–Crippen MR) is 67.8 cm³/mol. The van der Waals surface area contributed by atoms with E-state index >= 15 is 0 Å². The minimum absolute atomic E-state index is 0.309. The zero-order chi connectivity index (χ0) is 14.0. The smallest absolute Gasteiger partial charge is 0.342 e. The molecule has 0 aromatic carbocycles. The average molecular weight is 294 g/mol. The molecular formula is C10H13Cl2N3O3. The van der Waals surface area contributed by atoms with Gasteiger partial charge in [-0.25, -0.2) is 4.79 Å². The molecule has 8 heteroatoms. The van der Waals surface area contributed by atoms with Crippen molar-refractivity contribution in [1.29, 1.82) is 5.26 Å². The first kappa shape index (κ1) is 16.7. The van der Waals surface area contributed by atoms with Gasteiger partial charge in [-0.1, -0.05) is 36.5 Å². The van der Waals surface area contributed by atoms with E-state index in [0.717, 1.165) is 12.8 Å². The Hall–Kier alpha value is -1.32. The number of amides is 2. The molecule has 0 aliphatic heterocycles. The van der Waals surface area contributed by atoms with Crippen LogP contribution in [0, 0.1) is 11.3 Å². The van der Waals surface area contributed by atoms with E-state index in [-0.39, 0.29) is 12.3 Å². The summed E-state index contributed by atoms with van der Waals surface area (Å²) in [5.41, 5.74) is -0.338. The molecule has 0 aromatic heterocycles. The Morgan fingerprint density at radius 1 is 1.50 bits per heavy atom. The molecule has 0 aliphatic carbocycles. The number of hydrogen-bond acceptors (Lipinski definition) is 4. The fourth-order valence-electron chi connectivity index (χ4n) is 0.801. The summed E-state index contributed by atoms with van der Waals surface area (Å²) in [5, 5.41) is 10.7. The number of carbonyl (C=O) groups excluding carboxylic acids is 2. The Morgan fingerprint density at radius 3 is 2.67 bits per heavy atom. The van der Waals surface area contributed by atoms with Crippen molar-refractivity contribution in [3.63, 3.8) is 0 Å². The summed E-state index contributed by atoms with van der Waals surface area (Å²) in [4.78, 5) is 24.4. The van der Waals surface area contributed by atoms with Crippen LogP contribution >= 0.6 is 23.2 Å². The number of carbonyl (C=O) groups is 2.